The predicted molar refractivity (Wildman–Crippen MR) is 120 cm³/mol. The van der Waals surface area contributed by atoms with E-state index in [0.29, 0.717) is 11.3 Å². The smallest absolute Gasteiger partial charge is 0.212 e. The van der Waals surface area contributed by atoms with Crippen LogP contribution in [0, 0.1) is 0 Å². The van der Waals surface area contributed by atoms with Crippen molar-refractivity contribution in [1.82, 2.24) is 19.8 Å². The minimum absolute atomic E-state index is 0.0187. The summed E-state index contributed by atoms with van der Waals surface area (Å²) in [6.07, 6.45) is 5.78. The molecule has 1 fully saturated rings. The van der Waals surface area contributed by atoms with E-state index in [-0.39, 0.29) is 5.78 Å². The van der Waals surface area contributed by atoms with E-state index >= 15 is 0 Å². The fourth-order valence-corrected chi connectivity index (χ4v) is 4.51. The second-order valence-corrected chi connectivity index (χ2v) is 8.25. The number of rotatable bonds is 6. The number of nitrogens with zero attached hydrogens (tertiary/aromatic N) is 4. The average molecular weight is 402 g/mol. The highest BCUT2D eigenvalue weighted by atomic mass is 16.1. The summed E-state index contributed by atoms with van der Waals surface area (Å²) in [6.45, 7) is 6.70. The molecule has 1 N–H and O–H groups in total. The van der Waals surface area contributed by atoms with E-state index in [1.165, 1.54) is 19.5 Å². The molecule has 0 atom stereocenters. The average Bonchev–Trinajstić information content (AvgIpc) is 2.78. The number of anilines is 1. The van der Waals surface area contributed by atoms with Crippen molar-refractivity contribution in [2.45, 2.75) is 12.8 Å². The Balaban J connectivity index is 1.31. The Morgan fingerprint density at radius 2 is 1.73 bits per heavy atom. The van der Waals surface area contributed by atoms with Crippen molar-refractivity contribution in [3.63, 3.8) is 0 Å². The monoisotopic (exact) mass is 401 g/mol. The highest BCUT2D eigenvalue weighted by molar-refractivity contribution is 6.25. The number of nitrogens with one attached hydrogen (secondary N) is 1. The molecule has 1 aliphatic heterocycles. The van der Waals surface area contributed by atoms with Gasteiger partial charge < -0.3 is 15.1 Å². The van der Waals surface area contributed by atoms with Crippen molar-refractivity contribution in [3.8, 4) is 11.3 Å². The number of piperazine rings is 1. The summed E-state index contributed by atoms with van der Waals surface area (Å²) in [5.41, 5.74) is 3.93. The Bertz CT molecular complexity index is 1080. The maximum atomic E-state index is 13.1. The number of likely N-dealkylation sites (N-methyl/N-ethyl adjacent to an activating group) is 1. The van der Waals surface area contributed by atoms with Gasteiger partial charge in [-0.05, 0) is 50.0 Å². The maximum absolute atomic E-state index is 13.1. The lowest BCUT2D eigenvalue weighted by atomic mass is 9.87. The summed E-state index contributed by atoms with van der Waals surface area (Å²) in [4.78, 5) is 27.0. The number of carbonyl (C=O) groups is 1. The van der Waals surface area contributed by atoms with Gasteiger partial charge in [0.05, 0.1) is 5.69 Å². The SMILES string of the molecule is CN1CCN(CCCCNc2cccc3c2-c2nccc4ccnc(c24)C3=O)CC1. The quantitative estimate of drug-likeness (QED) is 0.501. The molecule has 1 aromatic carbocycles. The van der Waals surface area contributed by atoms with Crippen molar-refractivity contribution in [3.05, 3.63) is 54.0 Å². The molecular formula is C24H27N5O. The van der Waals surface area contributed by atoms with E-state index in [1.54, 1.807) is 6.20 Å². The number of pyridine rings is 2. The lowest BCUT2D eigenvalue weighted by molar-refractivity contribution is 0.103. The summed E-state index contributed by atoms with van der Waals surface area (Å²) in [5, 5.41) is 5.44. The van der Waals surface area contributed by atoms with Crippen LogP contribution in [0.3, 0.4) is 0 Å². The second kappa shape index (κ2) is 8.13. The lowest BCUT2D eigenvalue weighted by Gasteiger charge is -2.32. The Morgan fingerprint density at radius 1 is 0.967 bits per heavy atom. The van der Waals surface area contributed by atoms with Crippen molar-refractivity contribution in [1.29, 1.82) is 0 Å². The van der Waals surface area contributed by atoms with Crippen molar-refractivity contribution in [2.75, 3.05) is 51.6 Å². The molecule has 1 aliphatic carbocycles. The van der Waals surface area contributed by atoms with Gasteiger partial charge in [0, 0.05) is 67.3 Å². The fraction of sp³-hybridized carbons (Fsp3) is 0.375. The third kappa shape index (κ3) is 3.46. The number of fused-ring (bicyclic) bond motifs is 2. The molecule has 0 unspecified atom stereocenters. The molecule has 6 nitrogen and oxygen atoms in total. The molecule has 0 bridgehead atoms. The first-order valence-corrected chi connectivity index (χ1v) is 10.8. The number of hydrogen-bond acceptors (Lipinski definition) is 6. The van der Waals surface area contributed by atoms with Gasteiger partial charge in [0.2, 0.25) is 5.78 Å². The zero-order valence-corrected chi connectivity index (χ0v) is 17.4. The summed E-state index contributed by atoms with van der Waals surface area (Å²) in [5.74, 6) is -0.0187. The zero-order chi connectivity index (χ0) is 20.5. The minimum atomic E-state index is -0.0187. The van der Waals surface area contributed by atoms with Crippen LogP contribution in [0.25, 0.3) is 22.0 Å². The number of hydrogen-bond donors (Lipinski definition) is 1. The largest absolute Gasteiger partial charge is 0.384 e. The van der Waals surface area contributed by atoms with E-state index in [4.69, 9.17) is 0 Å². The predicted octanol–water partition coefficient (Wildman–Crippen LogP) is 3.28. The first-order chi connectivity index (χ1) is 14.7. The molecule has 0 spiro atoms. The molecule has 5 rings (SSSR count). The lowest BCUT2D eigenvalue weighted by Crippen LogP contribution is -2.44. The summed E-state index contributed by atoms with van der Waals surface area (Å²) < 4.78 is 0. The normalized spacial score (nSPS) is 16.6. The number of aromatic nitrogens is 2. The zero-order valence-electron chi connectivity index (χ0n) is 17.4. The molecule has 1 saturated heterocycles. The van der Waals surface area contributed by atoms with Crippen LogP contribution in [-0.2, 0) is 0 Å². The van der Waals surface area contributed by atoms with Gasteiger partial charge in [-0.2, -0.15) is 0 Å². The molecule has 0 saturated carbocycles. The van der Waals surface area contributed by atoms with Gasteiger partial charge in [0.15, 0.2) is 0 Å². The highest BCUT2D eigenvalue weighted by Gasteiger charge is 2.29. The minimum Gasteiger partial charge on any atom is -0.384 e. The van der Waals surface area contributed by atoms with E-state index in [0.717, 1.165) is 60.3 Å². The van der Waals surface area contributed by atoms with Gasteiger partial charge in [-0.3, -0.25) is 14.8 Å². The molecule has 0 radical (unpaired) electrons. The van der Waals surface area contributed by atoms with Crippen molar-refractivity contribution < 1.29 is 4.79 Å². The molecule has 6 heteroatoms. The van der Waals surface area contributed by atoms with Crippen LogP contribution in [0.5, 0.6) is 0 Å². The summed E-state index contributed by atoms with van der Waals surface area (Å²) in [6, 6.07) is 9.76. The first-order valence-electron chi connectivity index (χ1n) is 10.8. The van der Waals surface area contributed by atoms with Gasteiger partial charge in [0.1, 0.15) is 5.69 Å². The highest BCUT2D eigenvalue weighted by Crippen LogP contribution is 2.40. The van der Waals surface area contributed by atoms with Crippen LogP contribution in [-0.4, -0.2) is 71.9 Å². The van der Waals surface area contributed by atoms with Crippen LogP contribution in [0.1, 0.15) is 28.9 Å². The molecular weight excluding hydrogens is 374 g/mol. The number of unbranched alkanes of at least 4 members (excludes halogenated alkanes) is 1. The Hall–Kier alpha value is -2.83. The van der Waals surface area contributed by atoms with E-state index < -0.39 is 0 Å². The summed E-state index contributed by atoms with van der Waals surface area (Å²) >= 11 is 0. The Kier molecular flexibility index (Phi) is 5.19. The number of benzene rings is 1. The third-order valence-corrected chi connectivity index (χ3v) is 6.25. The van der Waals surface area contributed by atoms with E-state index in [2.05, 4.69) is 38.2 Å². The van der Waals surface area contributed by atoms with Gasteiger partial charge in [-0.25, -0.2) is 0 Å². The maximum Gasteiger partial charge on any atom is 0.212 e. The summed E-state index contributed by atoms with van der Waals surface area (Å²) in [7, 11) is 2.19. The molecule has 0 amide bonds. The van der Waals surface area contributed by atoms with Crippen LogP contribution in [0.15, 0.2) is 42.7 Å². The molecule has 2 aliphatic rings. The van der Waals surface area contributed by atoms with Crippen LogP contribution in [0.2, 0.25) is 0 Å². The Morgan fingerprint density at radius 3 is 2.53 bits per heavy atom. The Labute approximate surface area is 176 Å². The van der Waals surface area contributed by atoms with Gasteiger partial charge >= 0.3 is 0 Å². The molecule has 3 heterocycles. The molecule has 2 aromatic heterocycles. The topological polar surface area (TPSA) is 61.4 Å². The second-order valence-electron chi connectivity index (χ2n) is 8.25. The van der Waals surface area contributed by atoms with Gasteiger partial charge in [-0.15, -0.1) is 0 Å². The number of carbonyl (C=O) groups excluding carboxylic acids is 1. The number of ketones is 1. The molecule has 3 aromatic rings. The van der Waals surface area contributed by atoms with Gasteiger partial charge in [0.25, 0.3) is 0 Å². The van der Waals surface area contributed by atoms with E-state index in [1.807, 2.05) is 30.5 Å². The molecule has 30 heavy (non-hydrogen) atoms. The van der Waals surface area contributed by atoms with E-state index in [9.17, 15) is 4.79 Å². The van der Waals surface area contributed by atoms with Crippen molar-refractivity contribution >= 4 is 22.2 Å². The van der Waals surface area contributed by atoms with Gasteiger partial charge in [-0.1, -0.05) is 12.1 Å². The first kappa shape index (κ1) is 19.2. The standard InChI is InChI=1S/C24H27N5O/c1-28-13-15-29(16-14-28)12-3-2-9-25-19-6-4-5-18-21(19)22-20-17(7-10-26-22)8-11-27-23(20)24(18)30/h4-8,10-11,25H,2-3,9,12-16H2,1H3. The van der Waals surface area contributed by atoms with Crippen LogP contribution < -0.4 is 5.32 Å². The van der Waals surface area contributed by atoms with Crippen LogP contribution >= 0.6 is 0 Å². The van der Waals surface area contributed by atoms with Crippen LogP contribution in [0.4, 0.5) is 5.69 Å². The molecule has 154 valence electrons. The third-order valence-electron chi connectivity index (χ3n) is 6.25. The fourth-order valence-electron chi connectivity index (χ4n) is 4.51. The van der Waals surface area contributed by atoms with Crippen molar-refractivity contribution in [2.24, 2.45) is 0 Å².